The maximum absolute atomic E-state index is 12.4. The van der Waals surface area contributed by atoms with Crippen LogP contribution in [-0.4, -0.2) is 70.1 Å². The van der Waals surface area contributed by atoms with Crippen LogP contribution in [0.25, 0.3) is 0 Å². The highest BCUT2D eigenvalue weighted by Crippen LogP contribution is 2.46. The van der Waals surface area contributed by atoms with Crippen molar-refractivity contribution in [3.63, 3.8) is 0 Å². The fraction of sp³-hybridized carbons (Fsp3) is 0.722. The first kappa shape index (κ1) is 20.4. The lowest BCUT2D eigenvalue weighted by molar-refractivity contribution is -0.131. The van der Waals surface area contributed by atoms with Gasteiger partial charge in [-0.15, -0.1) is 0 Å². The summed E-state index contributed by atoms with van der Waals surface area (Å²) in [4.78, 5) is 22.9. The highest BCUT2D eigenvalue weighted by molar-refractivity contribution is 5.79. The van der Waals surface area contributed by atoms with E-state index < -0.39 is 6.10 Å². The zero-order valence-corrected chi connectivity index (χ0v) is 15.8. The second-order valence-corrected chi connectivity index (χ2v) is 7.63. The van der Waals surface area contributed by atoms with Crippen LogP contribution in [0.15, 0.2) is 6.07 Å². The molecule has 2 aliphatic rings. The molecule has 2 heterocycles. The molecule has 3 rings (SSSR count). The highest BCUT2D eigenvalue weighted by atomic mass is 16.3. The van der Waals surface area contributed by atoms with Crippen LogP contribution in [-0.2, 0) is 16.1 Å². The molecule has 1 aliphatic heterocycles. The number of carboxylic acid groups (broad SMARTS) is 1. The molecule has 1 aliphatic carbocycles. The minimum Gasteiger partial charge on any atom is -0.483 e. The minimum absolute atomic E-state index is 0.0105. The third-order valence-electron chi connectivity index (χ3n) is 5.30. The van der Waals surface area contributed by atoms with E-state index in [0.717, 1.165) is 31.6 Å². The fourth-order valence-corrected chi connectivity index (χ4v) is 3.49. The van der Waals surface area contributed by atoms with Gasteiger partial charge in [0.15, 0.2) is 0 Å². The Morgan fingerprint density at radius 3 is 2.65 bits per heavy atom. The highest BCUT2D eigenvalue weighted by Gasteiger charge is 2.44. The summed E-state index contributed by atoms with van der Waals surface area (Å²) in [6, 6.07) is 2.09. The van der Waals surface area contributed by atoms with E-state index in [1.165, 1.54) is 5.69 Å². The number of carbonyl (C=O) groups excluding carboxylic acids is 1. The molecule has 0 unspecified atom stereocenters. The van der Waals surface area contributed by atoms with Gasteiger partial charge in [-0.1, -0.05) is 0 Å². The molecule has 1 aromatic rings. The molecule has 8 nitrogen and oxygen atoms in total. The second kappa shape index (κ2) is 8.64. The smallest absolute Gasteiger partial charge is 0.290 e. The number of aryl methyl sites for hydroxylation is 2. The van der Waals surface area contributed by atoms with Gasteiger partial charge in [0.05, 0.1) is 17.7 Å². The summed E-state index contributed by atoms with van der Waals surface area (Å²) in [6.45, 7) is 6.86. The van der Waals surface area contributed by atoms with Crippen molar-refractivity contribution in [2.45, 2.75) is 45.8 Å². The van der Waals surface area contributed by atoms with Gasteiger partial charge in [-0.25, -0.2) is 0 Å². The topological polar surface area (TPSA) is 108 Å². The van der Waals surface area contributed by atoms with Crippen LogP contribution in [0.5, 0.6) is 0 Å². The molecule has 3 N–H and O–H groups in total. The molecular formula is C18H30N4O4. The van der Waals surface area contributed by atoms with Gasteiger partial charge in [0.1, 0.15) is 0 Å². The Bertz CT molecular complexity index is 627. The third kappa shape index (κ3) is 5.28. The average Bonchev–Trinajstić information content (AvgIpc) is 3.27. The summed E-state index contributed by atoms with van der Waals surface area (Å²) in [7, 11) is 2.00. The largest absolute Gasteiger partial charge is 0.483 e. The lowest BCUT2D eigenvalue weighted by Crippen LogP contribution is -2.49. The van der Waals surface area contributed by atoms with E-state index in [-0.39, 0.29) is 23.7 Å². The normalized spacial score (nSPS) is 24.3. The Hall–Kier alpha value is -1.93. The van der Waals surface area contributed by atoms with Gasteiger partial charge in [-0.3, -0.25) is 14.3 Å². The summed E-state index contributed by atoms with van der Waals surface area (Å²) in [6.07, 6.45) is 2.40. The molecule has 146 valence electrons. The lowest BCUT2D eigenvalue weighted by Gasteiger charge is -2.33. The number of aliphatic hydroxyl groups is 1. The number of carbonyl (C=O) groups is 2. The van der Waals surface area contributed by atoms with E-state index in [2.05, 4.69) is 33.0 Å². The number of aromatic nitrogens is 2. The second-order valence-electron chi connectivity index (χ2n) is 7.63. The lowest BCUT2D eigenvalue weighted by atomic mass is 9.94. The van der Waals surface area contributed by atoms with Crippen LogP contribution < -0.4 is 5.32 Å². The number of hydrogen-bond donors (Lipinski definition) is 3. The predicted octanol–water partition coefficient (Wildman–Crippen LogP) is 0.410. The van der Waals surface area contributed by atoms with Crippen LogP contribution in [0.2, 0.25) is 0 Å². The number of likely N-dealkylation sites (tertiary alicyclic amines) is 1. The van der Waals surface area contributed by atoms with E-state index in [1.807, 2.05) is 14.0 Å². The van der Waals surface area contributed by atoms with Gasteiger partial charge in [-0.2, -0.15) is 5.10 Å². The van der Waals surface area contributed by atoms with E-state index in [0.29, 0.717) is 19.5 Å². The van der Waals surface area contributed by atoms with E-state index in [9.17, 15) is 9.90 Å². The molecule has 1 saturated heterocycles. The molecule has 8 heteroatoms. The molecule has 0 spiro atoms. The average molecular weight is 366 g/mol. The predicted molar refractivity (Wildman–Crippen MR) is 96.7 cm³/mol. The monoisotopic (exact) mass is 366 g/mol. The van der Waals surface area contributed by atoms with Crippen molar-refractivity contribution >= 4 is 12.4 Å². The molecule has 1 saturated carbocycles. The van der Waals surface area contributed by atoms with Crippen LogP contribution in [0, 0.1) is 25.2 Å². The Morgan fingerprint density at radius 2 is 2.12 bits per heavy atom. The van der Waals surface area contributed by atoms with Crippen molar-refractivity contribution in [2.75, 3.05) is 26.7 Å². The molecule has 0 bridgehead atoms. The molecule has 2 fully saturated rings. The van der Waals surface area contributed by atoms with E-state index in [4.69, 9.17) is 9.90 Å². The standard InChI is InChI=1S/C17H28N4O2.CH2O2/c1-12-8-13(2)21(19-12)11-17(5-6-17)10-18-16(23)14-9-20(3)7-4-15(14)22;2-1-3/h8,14-15,22H,4-7,9-11H2,1-3H3,(H,18,23);1H,(H,2,3)/t14-,15+;/m1./s1. The van der Waals surface area contributed by atoms with Gasteiger partial charge in [0.25, 0.3) is 6.47 Å². The molecule has 2 atom stereocenters. The minimum atomic E-state index is -0.516. The number of hydrogen-bond acceptors (Lipinski definition) is 5. The maximum Gasteiger partial charge on any atom is 0.290 e. The van der Waals surface area contributed by atoms with Gasteiger partial charge in [-0.05, 0) is 46.2 Å². The molecule has 0 aromatic carbocycles. The van der Waals surface area contributed by atoms with Gasteiger partial charge in [0, 0.05) is 37.3 Å². The van der Waals surface area contributed by atoms with Crippen molar-refractivity contribution in [3.05, 3.63) is 17.5 Å². The number of aliphatic hydroxyl groups excluding tert-OH is 1. The van der Waals surface area contributed by atoms with Gasteiger partial charge < -0.3 is 20.4 Å². The van der Waals surface area contributed by atoms with Crippen LogP contribution in [0.3, 0.4) is 0 Å². The van der Waals surface area contributed by atoms with Crippen molar-refractivity contribution in [3.8, 4) is 0 Å². The van der Waals surface area contributed by atoms with Gasteiger partial charge >= 0.3 is 0 Å². The molecular weight excluding hydrogens is 336 g/mol. The molecule has 1 aromatic heterocycles. The zero-order chi connectivity index (χ0) is 19.3. The number of amides is 1. The van der Waals surface area contributed by atoms with E-state index in [1.54, 1.807) is 0 Å². The first-order chi connectivity index (χ1) is 12.3. The number of rotatable bonds is 5. The summed E-state index contributed by atoms with van der Waals surface area (Å²) in [5.74, 6) is -0.318. The zero-order valence-electron chi connectivity index (χ0n) is 15.8. The number of piperidine rings is 1. The third-order valence-corrected chi connectivity index (χ3v) is 5.30. The Balaban J connectivity index is 0.000000758. The molecule has 1 amide bonds. The Morgan fingerprint density at radius 1 is 1.46 bits per heavy atom. The number of nitrogens with one attached hydrogen (secondary N) is 1. The van der Waals surface area contributed by atoms with Gasteiger partial charge in [0.2, 0.25) is 5.91 Å². The van der Waals surface area contributed by atoms with Crippen LogP contribution in [0.1, 0.15) is 30.7 Å². The summed E-state index contributed by atoms with van der Waals surface area (Å²) < 4.78 is 2.05. The molecule has 26 heavy (non-hydrogen) atoms. The maximum atomic E-state index is 12.4. The van der Waals surface area contributed by atoms with Crippen molar-refractivity contribution in [1.82, 2.24) is 20.0 Å². The van der Waals surface area contributed by atoms with E-state index >= 15 is 0 Å². The Kier molecular flexibility index (Phi) is 6.77. The summed E-state index contributed by atoms with van der Waals surface area (Å²) in [5, 5.41) is 24.6. The summed E-state index contributed by atoms with van der Waals surface area (Å²) in [5.41, 5.74) is 2.35. The fourth-order valence-electron chi connectivity index (χ4n) is 3.49. The summed E-state index contributed by atoms with van der Waals surface area (Å²) >= 11 is 0. The first-order valence-electron chi connectivity index (χ1n) is 9.03. The van der Waals surface area contributed by atoms with Crippen molar-refractivity contribution in [2.24, 2.45) is 11.3 Å². The van der Waals surface area contributed by atoms with Crippen molar-refractivity contribution in [1.29, 1.82) is 0 Å². The quantitative estimate of drug-likeness (QED) is 0.652. The number of nitrogens with zero attached hydrogens (tertiary/aromatic N) is 3. The SMILES string of the molecule is Cc1cc(C)n(CC2(CNC(=O)[C@@H]3CN(C)CC[C@@H]3O)CC2)n1.O=CO. The van der Waals surface area contributed by atoms with Crippen LogP contribution >= 0.6 is 0 Å². The van der Waals surface area contributed by atoms with Crippen molar-refractivity contribution < 1.29 is 19.8 Å². The first-order valence-corrected chi connectivity index (χ1v) is 9.03. The molecule has 0 radical (unpaired) electrons. The van der Waals surface area contributed by atoms with Crippen LogP contribution in [0.4, 0.5) is 0 Å². The Labute approximate surface area is 154 Å².